The molecule has 110 valence electrons. The third-order valence-corrected chi connectivity index (χ3v) is 3.74. The lowest BCUT2D eigenvalue weighted by molar-refractivity contribution is 0.626. The topological polar surface area (TPSA) is 61.7 Å². The van der Waals surface area contributed by atoms with Crippen LogP contribution in [0.4, 0.5) is 10.3 Å². The van der Waals surface area contributed by atoms with Crippen LogP contribution in [0.25, 0.3) is 11.2 Å². The number of nitrogens with two attached hydrogens (primary N) is 1. The Kier molecular flexibility index (Phi) is 3.33. The lowest BCUT2D eigenvalue weighted by Gasteiger charge is -2.08. The molecule has 0 saturated heterocycles. The van der Waals surface area contributed by atoms with Crippen molar-refractivity contribution < 1.29 is 4.39 Å². The van der Waals surface area contributed by atoms with Crippen LogP contribution in [0.5, 0.6) is 0 Å². The minimum absolute atomic E-state index is 0.0996. The quantitative estimate of drug-likeness (QED) is 0.809. The Bertz CT molecular complexity index is 820. The summed E-state index contributed by atoms with van der Waals surface area (Å²) in [5.41, 5.74) is 9.37. The molecule has 1 aromatic carbocycles. The Morgan fingerprint density at radius 3 is 2.81 bits per heavy atom. The summed E-state index contributed by atoms with van der Waals surface area (Å²) in [6.07, 6.45) is 0. The SMILES string of the molecule is CCn1nc(C)c2nc(N)n(Cc3ccc(F)c(Cl)c3)c21. The average Bonchev–Trinajstić information content (AvgIpc) is 2.93. The molecule has 5 nitrogen and oxygen atoms in total. The summed E-state index contributed by atoms with van der Waals surface area (Å²) in [5, 5.41) is 4.53. The van der Waals surface area contributed by atoms with Crippen LogP contribution in [0.2, 0.25) is 5.02 Å². The number of halogens is 2. The zero-order valence-electron chi connectivity index (χ0n) is 11.8. The van der Waals surface area contributed by atoms with Gasteiger partial charge in [0.1, 0.15) is 11.3 Å². The van der Waals surface area contributed by atoms with Crippen molar-refractivity contribution in [3.05, 3.63) is 40.3 Å². The van der Waals surface area contributed by atoms with E-state index in [-0.39, 0.29) is 5.02 Å². The van der Waals surface area contributed by atoms with Gasteiger partial charge in [0.2, 0.25) is 5.95 Å². The molecular weight excluding hydrogens is 293 g/mol. The second-order valence-corrected chi connectivity index (χ2v) is 5.29. The van der Waals surface area contributed by atoms with Gasteiger partial charge in [-0.15, -0.1) is 0 Å². The van der Waals surface area contributed by atoms with Gasteiger partial charge in [0.15, 0.2) is 5.65 Å². The van der Waals surface area contributed by atoms with Gasteiger partial charge in [-0.3, -0.25) is 4.57 Å². The van der Waals surface area contributed by atoms with Crippen molar-refractivity contribution >= 4 is 28.7 Å². The predicted octanol–water partition coefficient (Wildman–Crippen LogP) is 2.98. The second-order valence-electron chi connectivity index (χ2n) is 4.88. The van der Waals surface area contributed by atoms with E-state index < -0.39 is 5.82 Å². The average molecular weight is 308 g/mol. The molecule has 2 aromatic heterocycles. The van der Waals surface area contributed by atoms with Crippen LogP contribution in [-0.2, 0) is 13.1 Å². The fourth-order valence-corrected chi connectivity index (χ4v) is 2.64. The van der Waals surface area contributed by atoms with Crippen molar-refractivity contribution in [2.24, 2.45) is 0 Å². The highest BCUT2D eigenvalue weighted by Crippen LogP contribution is 2.23. The zero-order chi connectivity index (χ0) is 15.1. The normalized spacial score (nSPS) is 11.4. The van der Waals surface area contributed by atoms with Gasteiger partial charge in [0, 0.05) is 6.54 Å². The summed E-state index contributed by atoms with van der Waals surface area (Å²) in [6.45, 7) is 5.10. The van der Waals surface area contributed by atoms with Crippen molar-refractivity contribution in [2.45, 2.75) is 26.9 Å². The summed E-state index contributed by atoms with van der Waals surface area (Å²) in [6, 6.07) is 4.64. The first-order valence-corrected chi connectivity index (χ1v) is 7.02. The van der Waals surface area contributed by atoms with Crippen LogP contribution in [-0.4, -0.2) is 19.3 Å². The molecular formula is C14H15ClFN5. The van der Waals surface area contributed by atoms with E-state index in [9.17, 15) is 4.39 Å². The lowest BCUT2D eigenvalue weighted by Crippen LogP contribution is -2.09. The number of nitrogen functional groups attached to an aromatic ring is 1. The summed E-state index contributed by atoms with van der Waals surface area (Å²) >= 11 is 5.83. The molecule has 0 aliphatic rings. The van der Waals surface area contributed by atoms with Crippen molar-refractivity contribution in [3.63, 3.8) is 0 Å². The lowest BCUT2D eigenvalue weighted by atomic mass is 10.2. The fourth-order valence-electron chi connectivity index (χ4n) is 2.44. The van der Waals surface area contributed by atoms with Gasteiger partial charge in [-0.2, -0.15) is 5.10 Å². The first-order valence-electron chi connectivity index (χ1n) is 6.64. The van der Waals surface area contributed by atoms with Gasteiger partial charge in [0.25, 0.3) is 0 Å². The predicted molar refractivity (Wildman–Crippen MR) is 80.9 cm³/mol. The van der Waals surface area contributed by atoms with Crippen LogP contribution < -0.4 is 5.73 Å². The molecule has 3 rings (SSSR count). The molecule has 0 unspecified atom stereocenters. The molecule has 0 fully saturated rings. The number of rotatable bonds is 3. The van der Waals surface area contributed by atoms with Gasteiger partial charge < -0.3 is 5.73 Å². The minimum Gasteiger partial charge on any atom is -0.369 e. The molecule has 21 heavy (non-hydrogen) atoms. The summed E-state index contributed by atoms with van der Waals surface area (Å²) in [5.74, 6) is -0.0215. The molecule has 0 bridgehead atoms. The molecule has 7 heteroatoms. The Hall–Kier alpha value is -2.08. The largest absolute Gasteiger partial charge is 0.369 e. The zero-order valence-corrected chi connectivity index (χ0v) is 12.5. The Morgan fingerprint density at radius 2 is 2.14 bits per heavy atom. The van der Waals surface area contributed by atoms with E-state index in [2.05, 4.69) is 10.1 Å². The smallest absolute Gasteiger partial charge is 0.202 e. The number of hydrogen-bond acceptors (Lipinski definition) is 3. The number of benzene rings is 1. The Morgan fingerprint density at radius 1 is 1.38 bits per heavy atom. The first-order chi connectivity index (χ1) is 10.0. The Balaban J connectivity index is 2.11. The van der Waals surface area contributed by atoms with Crippen LogP contribution in [0.1, 0.15) is 18.2 Å². The molecule has 0 aliphatic carbocycles. The minimum atomic E-state index is -0.432. The van der Waals surface area contributed by atoms with Gasteiger partial charge in [-0.25, -0.2) is 14.1 Å². The van der Waals surface area contributed by atoms with Crippen molar-refractivity contribution in [1.29, 1.82) is 0 Å². The molecule has 0 aliphatic heterocycles. The van der Waals surface area contributed by atoms with Crippen molar-refractivity contribution in [3.8, 4) is 0 Å². The van der Waals surface area contributed by atoms with Gasteiger partial charge in [-0.1, -0.05) is 17.7 Å². The third kappa shape index (κ3) is 2.25. The standard InChI is InChI=1S/C14H15ClFN5/c1-3-21-13-12(8(2)19-21)18-14(17)20(13)7-9-4-5-11(16)10(15)6-9/h4-6H,3,7H2,1-2H3,(H2,17,18). The van der Waals surface area contributed by atoms with E-state index in [0.29, 0.717) is 12.5 Å². The number of imidazole rings is 1. The van der Waals surface area contributed by atoms with Gasteiger partial charge in [-0.05, 0) is 31.5 Å². The second kappa shape index (κ2) is 5.04. The number of hydrogen-bond donors (Lipinski definition) is 1. The number of aromatic nitrogens is 4. The Labute approximate surface area is 126 Å². The number of anilines is 1. The number of fused-ring (bicyclic) bond motifs is 1. The van der Waals surface area contributed by atoms with Crippen LogP contribution in [0, 0.1) is 12.7 Å². The van der Waals surface area contributed by atoms with Crippen LogP contribution in [0.3, 0.4) is 0 Å². The van der Waals surface area contributed by atoms with Gasteiger partial charge >= 0.3 is 0 Å². The molecule has 0 amide bonds. The van der Waals surface area contributed by atoms with Crippen LogP contribution in [0.15, 0.2) is 18.2 Å². The summed E-state index contributed by atoms with van der Waals surface area (Å²) in [4.78, 5) is 4.37. The molecule has 2 heterocycles. The van der Waals surface area contributed by atoms with E-state index >= 15 is 0 Å². The molecule has 0 radical (unpaired) electrons. The van der Waals surface area contributed by atoms with Crippen molar-refractivity contribution in [2.75, 3.05) is 5.73 Å². The van der Waals surface area contributed by atoms with Crippen LogP contribution >= 0.6 is 11.6 Å². The highest BCUT2D eigenvalue weighted by molar-refractivity contribution is 6.30. The van der Waals surface area contributed by atoms with E-state index in [1.54, 1.807) is 12.1 Å². The maximum atomic E-state index is 13.2. The molecule has 3 aromatic rings. The highest BCUT2D eigenvalue weighted by Gasteiger charge is 2.17. The van der Waals surface area contributed by atoms with E-state index in [0.717, 1.165) is 29.0 Å². The molecule has 0 spiro atoms. The third-order valence-electron chi connectivity index (χ3n) is 3.45. The number of nitrogens with zero attached hydrogens (tertiary/aromatic N) is 4. The maximum Gasteiger partial charge on any atom is 0.202 e. The van der Waals surface area contributed by atoms with E-state index in [1.165, 1.54) is 6.07 Å². The summed E-state index contributed by atoms with van der Waals surface area (Å²) < 4.78 is 17.0. The number of aryl methyl sites for hydroxylation is 2. The maximum absolute atomic E-state index is 13.2. The fraction of sp³-hybridized carbons (Fsp3) is 0.286. The molecule has 2 N–H and O–H groups in total. The monoisotopic (exact) mass is 307 g/mol. The highest BCUT2D eigenvalue weighted by atomic mass is 35.5. The van der Waals surface area contributed by atoms with Gasteiger partial charge in [0.05, 0.1) is 17.3 Å². The van der Waals surface area contributed by atoms with E-state index in [1.807, 2.05) is 23.1 Å². The molecule has 0 saturated carbocycles. The molecule has 0 atom stereocenters. The summed E-state index contributed by atoms with van der Waals surface area (Å²) in [7, 11) is 0. The first kappa shape index (κ1) is 13.9. The van der Waals surface area contributed by atoms with Crippen molar-refractivity contribution in [1.82, 2.24) is 19.3 Å². The van der Waals surface area contributed by atoms with E-state index in [4.69, 9.17) is 17.3 Å².